The molecule has 0 aliphatic heterocycles. The molecular weight excluding hydrogens is 688 g/mol. The molecule has 0 saturated carbocycles. The van der Waals surface area contributed by atoms with Gasteiger partial charge in [0.1, 0.15) is 0 Å². The highest BCUT2D eigenvalue weighted by molar-refractivity contribution is 7.85. The van der Waals surface area contributed by atoms with E-state index >= 15 is 4.57 Å². The van der Waals surface area contributed by atoms with Gasteiger partial charge in [0.25, 0.3) is 0 Å². The van der Waals surface area contributed by atoms with Crippen LogP contribution in [-0.2, 0) is 4.57 Å². The van der Waals surface area contributed by atoms with Crippen molar-refractivity contribution in [3.8, 4) is 33.4 Å². The van der Waals surface area contributed by atoms with E-state index in [9.17, 15) is 0 Å². The molecule has 0 saturated heterocycles. The Morgan fingerprint density at radius 3 is 1.04 bits per heavy atom. The van der Waals surface area contributed by atoms with Gasteiger partial charge in [-0.25, -0.2) is 0 Å². The van der Waals surface area contributed by atoms with Gasteiger partial charge in [-0.2, -0.15) is 0 Å². The third kappa shape index (κ3) is 5.24. The van der Waals surface area contributed by atoms with Crippen molar-refractivity contribution in [1.82, 2.24) is 0 Å². The minimum Gasteiger partial charge on any atom is -0.309 e. The lowest BCUT2D eigenvalue weighted by Crippen LogP contribution is -2.25. The molecule has 8 aromatic carbocycles. The quantitative estimate of drug-likeness (QED) is 0.156. The zero-order valence-electron chi connectivity index (χ0n) is 28.1. The fourth-order valence-electron chi connectivity index (χ4n) is 7.51. The van der Waals surface area contributed by atoms with Crippen molar-refractivity contribution in [1.29, 1.82) is 0 Å². The third-order valence-electron chi connectivity index (χ3n) is 10.2. The van der Waals surface area contributed by atoms with Crippen LogP contribution in [0.3, 0.4) is 0 Å². The van der Waals surface area contributed by atoms with Crippen LogP contribution in [0.4, 0.5) is 0 Å². The first-order valence-electron chi connectivity index (χ1n) is 17.4. The summed E-state index contributed by atoms with van der Waals surface area (Å²) in [6.45, 7) is 0. The van der Waals surface area contributed by atoms with Crippen molar-refractivity contribution in [3.05, 3.63) is 188 Å². The Morgan fingerprint density at radius 2 is 0.615 bits per heavy atom. The number of rotatable bonds is 6. The van der Waals surface area contributed by atoms with Crippen LogP contribution in [0, 0.1) is 0 Å². The maximum atomic E-state index is 15.1. The predicted molar refractivity (Wildman–Crippen MR) is 228 cm³/mol. The molecule has 0 N–H and O–H groups in total. The van der Waals surface area contributed by atoms with Gasteiger partial charge in [0, 0.05) is 56.3 Å². The van der Waals surface area contributed by atoms with Gasteiger partial charge in [0.15, 0.2) is 7.14 Å². The number of hydrogen-bond acceptors (Lipinski definition) is 3. The van der Waals surface area contributed by atoms with E-state index < -0.39 is 7.14 Å². The van der Waals surface area contributed by atoms with E-state index in [-0.39, 0.29) is 0 Å². The van der Waals surface area contributed by atoms with Crippen molar-refractivity contribution in [2.24, 2.45) is 0 Å². The van der Waals surface area contributed by atoms with Crippen LogP contribution < -0.4 is 15.9 Å². The van der Waals surface area contributed by atoms with E-state index in [4.69, 9.17) is 0 Å². The van der Waals surface area contributed by atoms with E-state index in [2.05, 4.69) is 115 Å². The molecule has 1 nitrogen and oxygen atoms in total. The van der Waals surface area contributed by atoms with Gasteiger partial charge >= 0.3 is 0 Å². The smallest absolute Gasteiger partial charge is 0.171 e. The lowest BCUT2D eigenvalue weighted by molar-refractivity contribution is 0.592. The first kappa shape index (κ1) is 31.2. The van der Waals surface area contributed by atoms with E-state index in [1.165, 1.54) is 62.6 Å². The van der Waals surface area contributed by atoms with Crippen LogP contribution in [0.1, 0.15) is 0 Å². The lowest BCUT2D eigenvalue weighted by Gasteiger charge is -2.20. The van der Waals surface area contributed by atoms with Gasteiger partial charge < -0.3 is 4.57 Å². The summed E-state index contributed by atoms with van der Waals surface area (Å²) in [7, 11) is -3.08. The van der Waals surface area contributed by atoms with Gasteiger partial charge in [0.05, 0.1) is 0 Å². The number of benzene rings is 8. The predicted octanol–water partition coefficient (Wildman–Crippen LogP) is 13.1. The topological polar surface area (TPSA) is 17.1 Å². The zero-order valence-corrected chi connectivity index (χ0v) is 30.6. The van der Waals surface area contributed by atoms with E-state index in [0.717, 1.165) is 27.0 Å². The molecule has 246 valence electrons. The normalized spacial score (nSPS) is 11.9. The molecule has 0 aliphatic rings. The molecule has 2 aromatic heterocycles. The molecule has 0 bridgehead atoms. The monoisotopic (exact) mass is 718 g/mol. The highest BCUT2D eigenvalue weighted by atomic mass is 32.1. The summed E-state index contributed by atoms with van der Waals surface area (Å²) in [6, 6.07) is 66.2. The molecule has 10 rings (SSSR count). The van der Waals surface area contributed by atoms with Gasteiger partial charge in [0.2, 0.25) is 0 Å². The maximum absolute atomic E-state index is 15.1. The van der Waals surface area contributed by atoms with Crippen molar-refractivity contribution in [2.45, 2.75) is 0 Å². The van der Waals surface area contributed by atoms with Crippen LogP contribution in [0.15, 0.2) is 188 Å². The summed E-state index contributed by atoms with van der Waals surface area (Å²) in [5, 5.41) is 7.64. The molecule has 0 fully saturated rings. The molecule has 2 heterocycles. The average Bonchev–Trinajstić information content (AvgIpc) is 3.78. The Labute approximate surface area is 310 Å². The molecule has 10 aromatic rings. The molecule has 0 radical (unpaired) electrons. The number of thiophene rings is 2. The lowest BCUT2D eigenvalue weighted by atomic mass is 9.98. The van der Waals surface area contributed by atoms with Crippen molar-refractivity contribution in [2.75, 3.05) is 0 Å². The molecule has 0 amide bonds. The second-order valence-corrected chi connectivity index (χ2v) is 18.2. The summed E-state index contributed by atoms with van der Waals surface area (Å²) in [6.07, 6.45) is 0. The van der Waals surface area contributed by atoms with Crippen LogP contribution in [0.2, 0.25) is 0 Å². The summed E-state index contributed by atoms with van der Waals surface area (Å²) in [5.41, 5.74) is 7.10. The van der Waals surface area contributed by atoms with Crippen molar-refractivity contribution >= 4 is 86.1 Å². The Morgan fingerprint density at radius 1 is 0.288 bits per heavy atom. The van der Waals surface area contributed by atoms with E-state index in [1.54, 1.807) is 0 Å². The molecule has 0 unspecified atom stereocenters. The molecule has 4 heteroatoms. The van der Waals surface area contributed by atoms with Crippen LogP contribution in [-0.4, -0.2) is 0 Å². The van der Waals surface area contributed by atoms with Gasteiger partial charge in [-0.1, -0.05) is 133 Å². The van der Waals surface area contributed by atoms with Crippen molar-refractivity contribution < 1.29 is 4.57 Å². The van der Waals surface area contributed by atoms with Crippen molar-refractivity contribution in [3.63, 3.8) is 0 Å². The van der Waals surface area contributed by atoms with Gasteiger partial charge in [-0.15, -0.1) is 22.7 Å². The van der Waals surface area contributed by atoms with Crippen LogP contribution in [0.25, 0.3) is 73.7 Å². The zero-order chi connectivity index (χ0) is 34.6. The highest BCUT2D eigenvalue weighted by Crippen LogP contribution is 2.44. The molecule has 0 spiro atoms. The first-order valence-corrected chi connectivity index (χ1v) is 20.8. The summed E-state index contributed by atoms with van der Waals surface area (Å²) >= 11 is 3.69. The largest absolute Gasteiger partial charge is 0.309 e. The Bertz CT molecular complexity index is 2940. The third-order valence-corrected chi connectivity index (χ3v) is 15.5. The standard InChI is InChI=1S/C48H31OPS2/c49-50(38-14-6-2-7-15-38,39-16-8-3-9-17-39)40-18-10-13-33(27-40)35-20-24-46-42(29-35)44-31-37(22-26-48(44)52-46)36-21-25-47-43(30-36)41-28-34(19-23-45(41)51-47)32-11-4-1-5-12-32/h1-31H. The second kappa shape index (κ2) is 12.6. The maximum Gasteiger partial charge on any atom is 0.171 e. The summed E-state index contributed by atoms with van der Waals surface area (Å²) in [4.78, 5) is 0. The summed E-state index contributed by atoms with van der Waals surface area (Å²) in [5.74, 6) is 0. The van der Waals surface area contributed by atoms with E-state index in [0.29, 0.717) is 0 Å². The fourth-order valence-corrected chi connectivity index (χ4v) is 12.3. The Kier molecular flexibility index (Phi) is 7.55. The molecular formula is C48H31OPS2. The minimum atomic E-state index is -3.08. The van der Waals surface area contributed by atoms with Crippen LogP contribution >= 0.6 is 29.8 Å². The van der Waals surface area contributed by atoms with Gasteiger partial charge in [-0.05, 0) is 88.0 Å². The average molecular weight is 719 g/mol. The number of hydrogen-bond donors (Lipinski definition) is 0. The molecule has 0 aliphatic carbocycles. The Hall–Kier alpha value is -5.57. The fraction of sp³-hybridized carbons (Fsp3) is 0. The number of fused-ring (bicyclic) bond motifs is 6. The van der Waals surface area contributed by atoms with Gasteiger partial charge in [-0.3, -0.25) is 0 Å². The Balaban J connectivity index is 1.06. The minimum absolute atomic E-state index is 0.840. The highest BCUT2D eigenvalue weighted by Gasteiger charge is 2.29. The first-order chi connectivity index (χ1) is 25.6. The summed E-state index contributed by atoms with van der Waals surface area (Å²) < 4.78 is 20.3. The molecule has 0 atom stereocenters. The SMILES string of the molecule is O=P(c1ccccc1)(c1ccccc1)c1cccc(-c2ccc3sc4ccc(-c5ccc6sc7ccc(-c8ccccc8)cc7c6c5)cc4c3c2)c1. The van der Waals surface area contributed by atoms with E-state index in [1.807, 2.05) is 95.5 Å². The molecule has 52 heavy (non-hydrogen) atoms. The second-order valence-electron chi connectivity index (χ2n) is 13.2. The van der Waals surface area contributed by atoms with Crippen LogP contribution in [0.5, 0.6) is 0 Å².